The highest BCUT2D eigenvalue weighted by Crippen LogP contribution is 2.36. The molecule has 1 aromatic carbocycles. The third-order valence-corrected chi connectivity index (χ3v) is 4.25. The number of benzene rings is 1. The molecular formula is C16H25Br2NO. The monoisotopic (exact) mass is 405 g/mol. The molecule has 0 aliphatic rings. The maximum Gasteiger partial charge on any atom is 0.148 e. The second kappa shape index (κ2) is 7.81. The van der Waals surface area contributed by atoms with Gasteiger partial charge in [0.1, 0.15) is 5.75 Å². The molecule has 1 N–H and O–H groups in total. The largest absolute Gasteiger partial charge is 0.488 e. The van der Waals surface area contributed by atoms with Gasteiger partial charge in [-0.05, 0) is 83.2 Å². The van der Waals surface area contributed by atoms with E-state index in [0.29, 0.717) is 0 Å². The second-order valence-electron chi connectivity index (χ2n) is 6.05. The van der Waals surface area contributed by atoms with E-state index in [1.807, 2.05) is 0 Å². The quantitative estimate of drug-likeness (QED) is 0.657. The summed E-state index contributed by atoms with van der Waals surface area (Å²) in [6.07, 6.45) is 2.30. The Hall–Kier alpha value is -0.0600. The fraction of sp³-hybridized carbons (Fsp3) is 0.625. The van der Waals surface area contributed by atoms with Crippen LogP contribution in [0.2, 0.25) is 0 Å². The smallest absolute Gasteiger partial charge is 0.148 e. The summed E-state index contributed by atoms with van der Waals surface area (Å²) in [4.78, 5) is 0. The minimum absolute atomic E-state index is 0.115. The molecule has 0 amide bonds. The van der Waals surface area contributed by atoms with Gasteiger partial charge in [-0.2, -0.15) is 0 Å². The van der Waals surface area contributed by atoms with Gasteiger partial charge < -0.3 is 10.1 Å². The highest BCUT2D eigenvalue weighted by molar-refractivity contribution is 9.11. The molecule has 0 saturated carbocycles. The summed E-state index contributed by atoms with van der Waals surface area (Å²) in [5.41, 5.74) is 1.35. The van der Waals surface area contributed by atoms with Gasteiger partial charge in [-0.25, -0.2) is 0 Å². The van der Waals surface area contributed by atoms with E-state index in [4.69, 9.17) is 4.74 Å². The van der Waals surface area contributed by atoms with E-state index in [9.17, 15) is 0 Å². The first-order chi connectivity index (χ1) is 9.26. The van der Waals surface area contributed by atoms with Crippen molar-refractivity contribution in [2.24, 2.45) is 0 Å². The number of hydrogen-bond donors (Lipinski definition) is 1. The molecule has 0 unspecified atom stereocenters. The highest BCUT2D eigenvalue weighted by Gasteiger charge is 2.14. The summed E-state index contributed by atoms with van der Waals surface area (Å²) in [7, 11) is 0. The molecule has 4 heteroatoms. The molecular weight excluding hydrogens is 382 g/mol. The van der Waals surface area contributed by atoms with Crippen LogP contribution in [0.3, 0.4) is 0 Å². The predicted octanol–water partition coefficient (Wildman–Crippen LogP) is 5.67. The summed E-state index contributed by atoms with van der Waals surface area (Å²) in [5, 5.41) is 3.49. The van der Waals surface area contributed by atoms with Crippen LogP contribution in [-0.2, 0) is 6.54 Å². The molecule has 0 aliphatic carbocycles. The summed E-state index contributed by atoms with van der Waals surface area (Å²) >= 11 is 7.25. The van der Waals surface area contributed by atoms with Crippen molar-refractivity contribution in [2.45, 2.75) is 65.6 Å². The molecule has 0 atom stereocenters. The van der Waals surface area contributed by atoms with Crippen molar-refractivity contribution in [3.05, 3.63) is 26.6 Å². The summed E-state index contributed by atoms with van der Waals surface area (Å²) in [6, 6.07) is 4.25. The maximum atomic E-state index is 6.06. The third kappa shape index (κ3) is 5.74. The molecule has 1 aromatic rings. The fourth-order valence-corrected chi connectivity index (χ4v) is 3.28. The fourth-order valence-electron chi connectivity index (χ4n) is 1.82. The average Bonchev–Trinajstić information content (AvgIpc) is 2.35. The zero-order chi connectivity index (χ0) is 15.3. The number of rotatable bonds is 6. The molecule has 0 aliphatic heterocycles. The Morgan fingerprint density at radius 1 is 1.10 bits per heavy atom. The Balaban J connectivity index is 2.86. The van der Waals surface area contributed by atoms with E-state index in [1.165, 1.54) is 5.56 Å². The van der Waals surface area contributed by atoms with Crippen molar-refractivity contribution in [2.75, 3.05) is 0 Å². The lowest BCUT2D eigenvalue weighted by molar-refractivity contribution is 0.190. The zero-order valence-electron chi connectivity index (χ0n) is 13.0. The Labute approximate surface area is 139 Å². The van der Waals surface area contributed by atoms with Gasteiger partial charge in [0, 0.05) is 12.1 Å². The maximum absolute atomic E-state index is 6.06. The van der Waals surface area contributed by atoms with Gasteiger partial charge in [-0.3, -0.25) is 0 Å². The number of nitrogens with one attached hydrogen (secondary N) is 1. The summed E-state index contributed by atoms with van der Waals surface area (Å²) in [6.45, 7) is 11.6. The molecule has 114 valence electrons. The van der Waals surface area contributed by atoms with Crippen molar-refractivity contribution < 1.29 is 4.74 Å². The van der Waals surface area contributed by atoms with E-state index in [1.54, 1.807) is 0 Å². The zero-order valence-corrected chi connectivity index (χ0v) is 16.2. The van der Waals surface area contributed by atoms with E-state index in [2.05, 4.69) is 83.9 Å². The Morgan fingerprint density at radius 3 is 2.00 bits per heavy atom. The van der Waals surface area contributed by atoms with Gasteiger partial charge in [0.05, 0.1) is 15.0 Å². The topological polar surface area (TPSA) is 21.3 Å². The molecule has 2 nitrogen and oxygen atoms in total. The first kappa shape index (κ1) is 18.0. The third-order valence-electron chi connectivity index (χ3n) is 3.08. The van der Waals surface area contributed by atoms with E-state index in [0.717, 1.165) is 34.1 Å². The summed E-state index contributed by atoms with van der Waals surface area (Å²) < 4.78 is 8.07. The molecule has 20 heavy (non-hydrogen) atoms. The molecule has 0 aromatic heterocycles. The standard InChI is InChI=1S/C16H25Br2NO/c1-6-12(7-2)20-15-13(17)8-11(9-14(15)18)10-19-16(3,4)5/h8-9,12,19H,6-7,10H2,1-5H3. The van der Waals surface area contributed by atoms with Crippen LogP contribution in [-0.4, -0.2) is 11.6 Å². The van der Waals surface area contributed by atoms with Crippen LogP contribution < -0.4 is 10.1 Å². The van der Waals surface area contributed by atoms with Crippen molar-refractivity contribution in [1.29, 1.82) is 0 Å². The van der Waals surface area contributed by atoms with Gasteiger partial charge in [0.15, 0.2) is 0 Å². The highest BCUT2D eigenvalue weighted by atomic mass is 79.9. The van der Waals surface area contributed by atoms with Gasteiger partial charge in [-0.15, -0.1) is 0 Å². The molecule has 0 spiro atoms. The average molecular weight is 407 g/mol. The molecule has 0 saturated heterocycles. The van der Waals surface area contributed by atoms with Crippen LogP contribution >= 0.6 is 31.9 Å². The van der Waals surface area contributed by atoms with Gasteiger partial charge in [0.25, 0.3) is 0 Å². The predicted molar refractivity (Wildman–Crippen MR) is 93.4 cm³/mol. The molecule has 0 radical (unpaired) electrons. The van der Waals surface area contributed by atoms with Gasteiger partial charge in [-0.1, -0.05) is 13.8 Å². The normalized spacial score (nSPS) is 12.0. The van der Waals surface area contributed by atoms with Crippen molar-refractivity contribution in [1.82, 2.24) is 5.32 Å². The molecule has 0 fully saturated rings. The van der Waals surface area contributed by atoms with Crippen molar-refractivity contribution in [3.63, 3.8) is 0 Å². The van der Waals surface area contributed by atoms with E-state index in [-0.39, 0.29) is 11.6 Å². The van der Waals surface area contributed by atoms with Crippen LogP contribution in [0.1, 0.15) is 53.0 Å². The van der Waals surface area contributed by atoms with Crippen LogP contribution in [0, 0.1) is 0 Å². The van der Waals surface area contributed by atoms with Gasteiger partial charge >= 0.3 is 0 Å². The number of hydrogen-bond acceptors (Lipinski definition) is 2. The lowest BCUT2D eigenvalue weighted by Crippen LogP contribution is -2.35. The second-order valence-corrected chi connectivity index (χ2v) is 7.76. The number of halogens is 2. The van der Waals surface area contributed by atoms with E-state index >= 15 is 0 Å². The first-order valence-corrected chi connectivity index (χ1v) is 8.75. The van der Waals surface area contributed by atoms with Crippen LogP contribution in [0.5, 0.6) is 5.75 Å². The Kier molecular flexibility index (Phi) is 7.02. The lowest BCUT2D eigenvalue weighted by atomic mass is 10.1. The van der Waals surface area contributed by atoms with Crippen LogP contribution in [0.25, 0.3) is 0 Å². The SMILES string of the molecule is CCC(CC)Oc1c(Br)cc(CNC(C)(C)C)cc1Br. The molecule has 0 heterocycles. The molecule has 1 rings (SSSR count). The Bertz CT molecular complexity index is 414. The minimum Gasteiger partial charge on any atom is -0.488 e. The first-order valence-electron chi connectivity index (χ1n) is 7.16. The number of ether oxygens (including phenoxy) is 1. The van der Waals surface area contributed by atoms with E-state index < -0.39 is 0 Å². The minimum atomic E-state index is 0.115. The molecule has 0 bridgehead atoms. The van der Waals surface area contributed by atoms with Gasteiger partial charge in [0.2, 0.25) is 0 Å². The van der Waals surface area contributed by atoms with Crippen LogP contribution in [0.4, 0.5) is 0 Å². The summed E-state index contributed by atoms with van der Waals surface area (Å²) in [5.74, 6) is 0.901. The Morgan fingerprint density at radius 2 is 1.60 bits per heavy atom. The lowest BCUT2D eigenvalue weighted by Gasteiger charge is -2.22. The van der Waals surface area contributed by atoms with Crippen LogP contribution in [0.15, 0.2) is 21.1 Å². The van der Waals surface area contributed by atoms with Crippen molar-refractivity contribution >= 4 is 31.9 Å². The van der Waals surface area contributed by atoms with Crippen molar-refractivity contribution in [3.8, 4) is 5.75 Å².